The normalized spacial score (nSPS) is 10.9. The van der Waals surface area contributed by atoms with Gasteiger partial charge in [-0.3, -0.25) is 4.79 Å². The fraction of sp³-hybridized carbons (Fsp3) is 0.385. The topological polar surface area (TPSA) is 63.3 Å². The van der Waals surface area contributed by atoms with Crippen LogP contribution < -0.4 is 0 Å². The number of hydrogen-bond donors (Lipinski definition) is 1. The van der Waals surface area contributed by atoms with Crippen molar-refractivity contribution in [3.05, 3.63) is 29.7 Å². The lowest BCUT2D eigenvalue weighted by atomic mass is 10.2. The summed E-state index contributed by atoms with van der Waals surface area (Å²) in [6.07, 6.45) is 2.35. The second kappa shape index (κ2) is 4.99. The molecule has 0 aliphatic heterocycles. The van der Waals surface area contributed by atoms with E-state index in [0.717, 1.165) is 23.1 Å². The minimum absolute atomic E-state index is 0.208. The number of aromatic nitrogens is 1. The third-order valence-electron chi connectivity index (χ3n) is 2.62. The first-order chi connectivity index (χ1) is 8.15. The van der Waals surface area contributed by atoms with Crippen LogP contribution in [0.4, 0.5) is 0 Å². The molecule has 0 saturated carbocycles. The molecule has 2 aromatic rings. The van der Waals surface area contributed by atoms with Crippen LogP contribution in [-0.2, 0) is 11.2 Å². The first-order valence-corrected chi connectivity index (χ1v) is 5.73. The van der Waals surface area contributed by atoms with Gasteiger partial charge in [-0.1, -0.05) is 6.07 Å². The van der Waals surface area contributed by atoms with E-state index in [4.69, 9.17) is 9.52 Å². The van der Waals surface area contributed by atoms with Crippen molar-refractivity contribution in [2.75, 3.05) is 0 Å². The Labute approximate surface area is 99.3 Å². The molecule has 0 radical (unpaired) electrons. The third-order valence-corrected chi connectivity index (χ3v) is 2.62. The monoisotopic (exact) mass is 233 g/mol. The van der Waals surface area contributed by atoms with E-state index < -0.39 is 5.97 Å². The molecule has 0 unspecified atom stereocenters. The van der Waals surface area contributed by atoms with E-state index in [1.165, 1.54) is 0 Å². The average Bonchev–Trinajstić information content (AvgIpc) is 2.66. The summed E-state index contributed by atoms with van der Waals surface area (Å²) < 4.78 is 5.60. The number of rotatable bonds is 5. The van der Waals surface area contributed by atoms with Crippen molar-refractivity contribution < 1.29 is 14.3 Å². The number of benzene rings is 1. The number of carbonyl (C=O) groups is 1. The Hall–Kier alpha value is -1.84. The highest BCUT2D eigenvalue weighted by atomic mass is 16.4. The van der Waals surface area contributed by atoms with Crippen LogP contribution >= 0.6 is 0 Å². The number of oxazole rings is 1. The van der Waals surface area contributed by atoms with Gasteiger partial charge in [0, 0.05) is 12.8 Å². The summed E-state index contributed by atoms with van der Waals surface area (Å²) >= 11 is 0. The van der Waals surface area contributed by atoms with E-state index in [1.54, 1.807) is 0 Å². The number of aliphatic carboxylic acids is 1. The third kappa shape index (κ3) is 3.06. The molecule has 4 nitrogen and oxygen atoms in total. The summed E-state index contributed by atoms with van der Waals surface area (Å²) in [6, 6.07) is 5.90. The van der Waals surface area contributed by atoms with Crippen molar-refractivity contribution >= 4 is 17.1 Å². The van der Waals surface area contributed by atoms with Gasteiger partial charge in [-0.25, -0.2) is 4.98 Å². The summed E-state index contributed by atoms with van der Waals surface area (Å²) in [5.74, 6) is -0.0609. The van der Waals surface area contributed by atoms with E-state index in [9.17, 15) is 4.79 Å². The Bertz CT molecular complexity index is 530. The molecule has 4 heteroatoms. The van der Waals surface area contributed by atoms with Crippen molar-refractivity contribution in [3.8, 4) is 0 Å². The second-order valence-corrected chi connectivity index (χ2v) is 4.18. The number of carboxylic acids is 1. The summed E-state index contributed by atoms with van der Waals surface area (Å²) in [5, 5.41) is 8.52. The highest BCUT2D eigenvalue weighted by molar-refractivity contribution is 5.73. The first-order valence-electron chi connectivity index (χ1n) is 5.73. The molecular formula is C13H15NO3. The van der Waals surface area contributed by atoms with Crippen molar-refractivity contribution in [2.24, 2.45) is 0 Å². The maximum Gasteiger partial charge on any atom is 0.303 e. The zero-order valence-corrected chi connectivity index (χ0v) is 9.77. The minimum Gasteiger partial charge on any atom is -0.481 e. The number of fused-ring (bicyclic) bond motifs is 1. The fourth-order valence-electron chi connectivity index (χ4n) is 1.74. The molecule has 0 bridgehead atoms. The van der Waals surface area contributed by atoms with Crippen molar-refractivity contribution in [1.82, 2.24) is 4.98 Å². The number of aryl methyl sites for hydroxylation is 2. The van der Waals surface area contributed by atoms with E-state index >= 15 is 0 Å². The quantitative estimate of drug-likeness (QED) is 0.806. The van der Waals surface area contributed by atoms with Crippen molar-refractivity contribution in [1.29, 1.82) is 0 Å². The van der Waals surface area contributed by atoms with Gasteiger partial charge in [0.2, 0.25) is 0 Å². The van der Waals surface area contributed by atoms with Crippen LogP contribution in [0, 0.1) is 6.92 Å². The predicted molar refractivity (Wildman–Crippen MR) is 63.9 cm³/mol. The minimum atomic E-state index is -0.752. The Morgan fingerprint density at radius 3 is 3.00 bits per heavy atom. The van der Waals surface area contributed by atoms with Gasteiger partial charge in [-0.15, -0.1) is 0 Å². The van der Waals surface area contributed by atoms with Gasteiger partial charge < -0.3 is 9.52 Å². The van der Waals surface area contributed by atoms with E-state index in [-0.39, 0.29) is 6.42 Å². The van der Waals surface area contributed by atoms with Gasteiger partial charge in [0.05, 0.1) is 0 Å². The number of carboxylic acid groups (broad SMARTS) is 1. The maximum atomic E-state index is 10.3. The predicted octanol–water partition coefficient (Wildman–Crippen LogP) is 2.93. The van der Waals surface area contributed by atoms with Crippen molar-refractivity contribution in [2.45, 2.75) is 32.6 Å². The molecule has 0 fully saturated rings. The van der Waals surface area contributed by atoms with Crippen LogP contribution in [0.15, 0.2) is 22.6 Å². The smallest absolute Gasteiger partial charge is 0.303 e. The zero-order valence-electron chi connectivity index (χ0n) is 9.77. The summed E-state index contributed by atoms with van der Waals surface area (Å²) in [5.41, 5.74) is 2.81. The molecule has 1 N–H and O–H groups in total. The van der Waals surface area contributed by atoms with Crippen LogP contribution in [0.25, 0.3) is 11.1 Å². The van der Waals surface area contributed by atoms with Crippen molar-refractivity contribution in [3.63, 3.8) is 0 Å². The van der Waals surface area contributed by atoms with Gasteiger partial charge in [0.25, 0.3) is 0 Å². The molecule has 0 saturated heterocycles. The largest absolute Gasteiger partial charge is 0.481 e. The van der Waals surface area contributed by atoms with E-state index in [2.05, 4.69) is 4.98 Å². The molecule has 0 spiro atoms. The highest BCUT2D eigenvalue weighted by Gasteiger charge is 2.06. The van der Waals surface area contributed by atoms with E-state index in [0.29, 0.717) is 18.7 Å². The van der Waals surface area contributed by atoms with Gasteiger partial charge in [-0.05, 0) is 37.5 Å². The lowest BCUT2D eigenvalue weighted by Gasteiger charge is -1.94. The fourth-order valence-corrected chi connectivity index (χ4v) is 1.74. The molecule has 0 aliphatic carbocycles. The number of nitrogens with zero attached hydrogens (tertiary/aromatic N) is 1. The van der Waals surface area contributed by atoms with Gasteiger partial charge in [0.1, 0.15) is 5.52 Å². The molecule has 90 valence electrons. The lowest BCUT2D eigenvalue weighted by Crippen LogP contribution is -1.94. The molecule has 0 aliphatic rings. The first kappa shape index (κ1) is 11.6. The molecule has 2 rings (SSSR count). The van der Waals surface area contributed by atoms with Gasteiger partial charge >= 0.3 is 5.97 Å². The summed E-state index contributed by atoms with van der Waals surface area (Å²) in [7, 11) is 0. The second-order valence-electron chi connectivity index (χ2n) is 4.18. The molecule has 0 atom stereocenters. The van der Waals surface area contributed by atoms with Crippen LogP contribution in [0.1, 0.15) is 30.7 Å². The molecule has 1 aromatic heterocycles. The Balaban J connectivity index is 1.97. The summed E-state index contributed by atoms with van der Waals surface area (Å²) in [6.45, 7) is 2.01. The van der Waals surface area contributed by atoms with Crippen LogP contribution in [0.3, 0.4) is 0 Å². The Morgan fingerprint density at radius 1 is 1.41 bits per heavy atom. The van der Waals surface area contributed by atoms with Gasteiger partial charge in [0.15, 0.2) is 11.5 Å². The SMILES string of the molecule is Cc1ccc2nc(CCCCC(=O)O)oc2c1. The maximum absolute atomic E-state index is 10.3. The molecule has 1 heterocycles. The number of hydrogen-bond acceptors (Lipinski definition) is 3. The zero-order chi connectivity index (χ0) is 12.3. The lowest BCUT2D eigenvalue weighted by molar-refractivity contribution is -0.137. The van der Waals surface area contributed by atoms with Crippen LogP contribution in [0.2, 0.25) is 0 Å². The van der Waals surface area contributed by atoms with Gasteiger partial charge in [-0.2, -0.15) is 0 Å². The molecule has 1 aromatic carbocycles. The van der Waals surface area contributed by atoms with Crippen LogP contribution in [0.5, 0.6) is 0 Å². The molecule has 0 amide bonds. The number of unbranched alkanes of at least 4 members (excludes halogenated alkanes) is 1. The standard InChI is InChI=1S/C13H15NO3/c1-9-6-7-10-11(8-9)17-12(14-10)4-2-3-5-13(15)16/h6-8H,2-5H2,1H3,(H,15,16). The molecule has 17 heavy (non-hydrogen) atoms. The Morgan fingerprint density at radius 2 is 2.24 bits per heavy atom. The molecular weight excluding hydrogens is 218 g/mol. The average molecular weight is 233 g/mol. The van der Waals surface area contributed by atoms with Crippen LogP contribution in [-0.4, -0.2) is 16.1 Å². The van der Waals surface area contributed by atoms with E-state index in [1.807, 2.05) is 25.1 Å². The summed E-state index contributed by atoms with van der Waals surface area (Å²) in [4.78, 5) is 14.7. The highest BCUT2D eigenvalue weighted by Crippen LogP contribution is 2.18. The Kier molecular flexibility index (Phi) is 3.42.